The number of H-pyrrole nitrogens is 2. The maximum absolute atomic E-state index is 9.74. The number of halogens is 4. The van der Waals surface area contributed by atoms with Crippen molar-refractivity contribution in [1.82, 2.24) is 30.6 Å². The van der Waals surface area contributed by atoms with Crippen LogP contribution in [0, 0.1) is 0 Å². The van der Waals surface area contributed by atoms with E-state index < -0.39 is 0 Å². The highest BCUT2D eigenvalue weighted by Gasteiger charge is 2.26. The predicted molar refractivity (Wildman–Crippen MR) is 159 cm³/mol. The summed E-state index contributed by atoms with van der Waals surface area (Å²) in [5.74, 6) is 1.74. The molecule has 206 valence electrons. The van der Waals surface area contributed by atoms with Crippen LogP contribution in [0.4, 0.5) is 0 Å². The monoisotopic (exact) mass is 600 g/mol. The third-order valence-corrected chi connectivity index (χ3v) is 6.79. The van der Waals surface area contributed by atoms with Crippen molar-refractivity contribution in [3.05, 3.63) is 72.6 Å². The minimum absolute atomic E-state index is 0. The molecule has 0 aliphatic carbocycles. The molecule has 0 amide bonds. The standard InChI is InChI=1S/C26H28N6O2.4ClH/c33-19-9-21(27-11-19)25-29-13-23(31-25)17-5-1-15(2-6-17)16-3-7-18(8-4-16)24-14-30-26(32-24)22-10-20(34)12-28-22;;;;/h1-8,13-14,19-22,27-28,33-34H,9-12H2,(H,29,31)(H,30,32);4*1H/t19-,20-,21-,22-;;;;/m0..../s1. The number of imidazole rings is 2. The molecule has 2 saturated heterocycles. The molecule has 2 aliphatic heterocycles. The van der Waals surface area contributed by atoms with Gasteiger partial charge in [0.15, 0.2) is 0 Å². The average molecular weight is 602 g/mol. The van der Waals surface area contributed by atoms with Gasteiger partial charge in [-0.25, -0.2) is 9.97 Å². The van der Waals surface area contributed by atoms with Gasteiger partial charge in [-0.15, -0.1) is 49.6 Å². The fourth-order valence-electron chi connectivity index (χ4n) is 4.86. The summed E-state index contributed by atoms with van der Waals surface area (Å²) in [4.78, 5) is 15.8. The Hall–Kier alpha value is -2.14. The molecule has 0 saturated carbocycles. The molecule has 6 rings (SSSR count). The van der Waals surface area contributed by atoms with Gasteiger partial charge in [0.05, 0.1) is 48.1 Å². The van der Waals surface area contributed by atoms with Crippen molar-refractivity contribution in [2.24, 2.45) is 0 Å². The zero-order valence-electron chi connectivity index (χ0n) is 20.3. The Bertz CT molecular complexity index is 1180. The third-order valence-electron chi connectivity index (χ3n) is 6.79. The van der Waals surface area contributed by atoms with E-state index in [4.69, 9.17) is 0 Å². The SMILES string of the molecule is Cl.Cl.Cl.Cl.O[C@@H]1CN[C@H](c2ncc(-c3ccc(-c4ccc(-c5cnc([C@@H]6C[C@H](O)CN6)[nH]5)cc4)cc3)[nH]2)C1. The van der Waals surface area contributed by atoms with Gasteiger partial charge in [0.25, 0.3) is 0 Å². The third kappa shape index (κ3) is 6.70. The van der Waals surface area contributed by atoms with E-state index >= 15 is 0 Å². The number of aliphatic hydroxyl groups excluding tert-OH is 2. The van der Waals surface area contributed by atoms with Crippen LogP contribution in [0.1, 0.15) is 36.6 Å². The minimum atomic E-state index is -0.308. The van der Waals surface area contributed by atoms with E-state index in [-0.39, 0.29) is 73.9 Å². The fraction of sp³-hybridized carbons (Fsp3) is 0.308. The molecule has 0 unspecified atom stereocenters. The zero-order valence-corrected chi connectivity index (χ0v) is 23.6. The Kier molecular flexibility index (Phi) is 11.6. The Morgan fingerprint density at radius 3 is 1.21 bits per heavy atom. The number of aromatic amines is 2. The van der Waals surface area contributed by atoms with E-state index in [0.717, 1.165) is 45.3 Å². The van der Waals surface area contributed by atoms with Crippen molar-refractivity contribution in [2.75, 3.05) is 13.1 Å². The molecule has 2 aromatic heterocycles. The second-order valence-electron chi connectivity index (χ2n) is 9.22. The van der Waals surface area contributed by atoms with Crippen LogP contribution in [0.25, 0.3) is 33.6 Å². The summed E-state index contributed by atoms with van der Waals surface area (Å²) in [6, 6.07) is 17.0. The van der Waals surface area contributed by atoms with Crippen LogP contribution in [0.15, 0.2) is 60.9 Å². The molecule has 2 aliphatic rings. The van der Waals surface area contributed by atoms with Gasteiger partial charge in [0.1, 0.15) is 11.6 Å². The Morgan fingerprint density at radius 1 is 0.553 bits per heavy atom. The summed E-state index contributed by atoms with van der Waals surface area (Å²) in [5, 5.41) is 26.1. The molecule has 38 heavy (non-hydrogen) atoms. The number of benzene rings is 2. The fourth-order valence-corrected chi connectivity index (χ4v) is 4.86. The van der Waals surface area contributed by atoms with Crippen LogP contribution in [-0.2, 0) is 0 Å². The molecular formula is C26H32Cl4N6O2. The lowest BCUT2D eigenvalue weighted by atomic mass is 10.0. The summed E-state index contributed by atoms with van der Waals surface area (Å²) in [5.41, 5.74) is 6.38. The van der Waals surface area contributed by atoms with Crippen LogP contribution in [0.5, 0.6) is 0 Å². The molecule has 4 aromatic rings. The Labute approximate surface area is 246 Å². The zero-order chi connectivity index (χ0) is 23.1. The van der Waals surface area contributed by atoms with Gasteiger partial charge in [0.2, 0.25) is 0 Å². The van der Waals surface area contributed by atoms with Crippen LogP contribution in [-0.4, -0.2) is 55.4 Å². The van der Waals surface area contributed by atoms with Crippen LogP contribution in [0.3, 0.4) is 0 Å². The highest BCUT2D eigenvalue weighted by molar-refractivity contribution is 5.86. The normalized spacial score (nSPS) is 22.1. The molecule has 4 atom stereocenters. The average Bonchev–Trinajstić information content (AvgIpc) is 3.66. The number of hydrogen-bond acceptors (Lipinski definition) is 6. The van der Waals surface area contributed by atoms with Crippen molar-refractivity contribution >= 4 is 49.6 Å². The molecule has 12 heteroatoms. The second-order valence-corrected chi connectivity index (χ2v) is 9.22. The van der Waals surface area contributed by atoms with Gasteiger partial charge in [-0.3, -0.25) is 0 Å². The van der Waals surface area contributed by atoms with Gasteiger partial charge in [0, 0.05) is 13.1 Å². The van der Waals surface area contributed by atoms with Crippen molar-refractivity contribution in [3.8, 4) is 33.6 Å². The molecule has 6 N–H and O–H groups in total. The number of hydrogen-bond donors (Lipinski definition) is 6. The number of aromatic nitrogens is 4. The number of rotatable bonds is 5. The summed E-state index contributed by atoms with van der Waals surface area (Å²) in [6.45, 7) is 1.22. The van der Waals surface area contributed by atoms with Gasteiger partial charge < -0.3 is 30.8 Å². The van der Waals surface area contributed by atoms with Crippen molar-refractivity contribution < 1.29 is 10.2 Å². The van der Waals surface area contributed by atoms with E-state index in [1.54, 1.807) is 0 Å². The molecule has 0 spiro atoms. The van der Waals surface area contributed by atoms with Crippen molar-refractivity contribution in [2.45, 2.75) is 37.1 Å². The highest BCUT2D eigenvalue weighted by atomic mass is 35.5. The lowest BCUT2D eigenvalue weighted by Crippen LogP contribution is -2.15. The largest absolute Gasteiger partial charge is 0.392 e. The summed E-state index contributed by atoms with van der Waals surface area (Å²) in [6.07, 6.45) is 4.46. The van der Waals surface area contributed by atoms with Crippen molar-refractivity contribution in [3.63, 3.8) is 0 Å². The first-order chi connectivity index (χ1) is 16.6. The molecule has 8 nitrogen and oxygen atoms in total. The van der Waals surface area contributed by atoms with Gasteiger partial charge >= 0.3 is 0 Å². The van der Waals surface area contributed by atoms with Crippen LogP contribution < -0.4 is 10.6 Å². The van der Waals surface area contributed by atoms with Crippen LogP contribution >= 0.6 is 49.6 Å². The topological polar surface area (TPSA) is 122 Å². The van der Waals surface area contributed by atoms with Crippen LogP contribution in [0.2, 0.25) is 0 Å². The van der Waals surface area contributed by atoms with Gasteiger partial charge in [-0.1, -0.05) is 48.5 Å². The lowest BCUT2D eigenvalue weighted by molar-refractivity contribution is 0.192. The summed E-state index contributed by atoms with van der Waals surface area (Å²) < 4.78 is 0. The number of aliphatic hydroxyl groups is 2. The van der Waals surface area contributed by atoms with E-state index in [9.17, 15) is 10.2 Å². The molecule has 0 bridgehead atoms. The summed E-state index contributed by atoms with van der Waals surface area (Å²) in [7, 11) is 0. The Balaban J connectivity index is 0.00000127. The lowest BCUT2D eigenvalue weighted by Gasteiger charge is -2.07. The first-order valence-corrected chi connectivity index (χ1v) is 11.8. The quantitative estimate of drug-likeness (QED) is 0.199. The number of nitrogens with zero attached hydrogens (tertiary/aromatic N) is 2. The van der Waals surface area contributed by atoms with Gasteiger partial charge in [-0.05, 0) is 35.1 Å². The van der Waals surface area contributed by atoms with E-state index in [1.807, 2.05) is 12.4 Å². The van der Waals surface area contributed by atoms with E-state index in [2.05, 4.69) is 79.1 Å². The maximum atomic E-state index is 9.74. The highest BCUT2D eigenvalue weighted by Crippen LogP contribution is 2.29. The first-order valence-electron chi connectivity index (χ1n) is 11.8. The smallest absolute Gasteiger partial charge is 0.123 e. The molecule has 0 radical (unpaired) electrons. The molecular weight excluding hydrogens is 570 g/mol. The Morgan fingerprint density at radius 2 is 0.895 bits per heavy atom. The van der Waals surface area contributed by atoms with E-state index in [1.165, 1.54) is 0 Å². The van der Waals surface area contributed by atoms with E-state index in [0.29, 0.717) is 25.9 Å². The maximum Gasteiger partial charge on any atom is 0.123 e. The summed E-state index contributed by atoms with van der Waals surface area (Å²) >= 11 is 0. The predicted octanol–water partition coefficient (Wildman–Crippen LogP) is 4.61. The van der Waals surface area contributed by atoms with Gasteiger partial charge in [-0.2, -0.15) is 0 Å². The number of nitrogens with one attached hydrogen (secondary N) is 4. The van der Waals surface area contributed by atoms with Crippen molar-refractivity contribution in [1.29, 1.82) is 0 Å². The molecule has 2 aromatic carbocycles. The molecule has 4 heterocycles. The molecule has 2 fully saturated rings. The number of β-amino-alcohol motifs (C(OH)–C–C–N with tert-alkyl or cyclic N) is 2. The minimum Gasteiger partial charge on any atom is -0.392 e. The first kappa shape index (κ1) is 32.1. The second kappa shape index (κ2) is 13.8.